The summed E-state index contributed by atoms with van der Waals surface area (Å²) in [6.45, 7) is 0.717. The van der Waals surface area contributed by atoms with Gasteiger partial charge in [-0.3, -0.25) is 4.90 Å². The van der Waals surface area contributed by atoms with E-state index in [2.05, 4.69) is 16.9 Å². The summed E-state index contributed by atoms with van der Waals surface area (Å²) < 4.78 is 5.72. The zero-order chi connectivity index (χ0) is 11.1. The van der Waals surface area contributed by atoms with E-state index >= 15 is 0 Å². The molecule has 2 heterocycles. The summed E-state index contributed by atoms with van der Waals surface area (Å²) in [4.78, 5) is 6.43. The Kier molecular flexibility index (Phi) is 2.52. The van der Waals surface area contributed by atoms with Crippen LogP contribution in [0.5, 0.6) is 5.75 Å². The Morgan fingerprint density at radius 1 is 1.56 bits per heavy atom. The third-order valence-electron chi connectivity index (χ3n) is 3.72. The summed E-state index contributed by atoms with van der Waals surface area (Å²) in [7, 11) is 2.19. The first-order valence-electron chi connectivity index (χ1n) is 5.71. The zero-order valence-electron chi connectivity index (χ0n) is 9.27. The fourth-order valence-corrected chi connectivity index (χ4v) is 2.79. The maximum Gasteiger partial charge on any atom is 0.171 e. The standard InChI is InChI=1S/C12H15ClN2O/c1-15-9(5-8-6-10(8)15)7-16-11-3-2-4-14-12(11)13/h2-4,8-10H,5-7H2,1H3/t8-,9-,10+/m0/s1. The van der Waals surface area contributed by atoms with Crippen molar-refractivity contribution in [1.82, 2.24) is 9.88 Å². The number of piperidine rings is 1. The molecule has 1 aliphatic carbocycles. The molecule has 16 heavy (non-hydrogen) atoms. The summed E-state index contributed by atoms with van der Waals surface area (Å²) in [5, 5.41) is 0.452. The topological polar surface area (TPSA) is 25.4 Å². The Hall–Kier alpha value is -0.800. The van der Waals surface area contributed by atoms with Crippen molar-refractivity contribution >= 4 is 11.6 Å². The van der Waals surface area contributed by atoms with Gasteiger partial charge in [0, 0.05) is 18.3 Å². The van der Waals surface area contributed by atoms with E-state index in [1.54, 1.807) is 6.20 Å². The van der Waals surface area contributed by atoms with Crippen LogP contribution < -0.4 is 4.74 Å². The second-order valence-corrected chi connectivity index (χ2v) is 5.08. The predicted molar refractivity (Wildman–Crippen MR) is 62.8 cm³/mol. The second-order valence-electron chi connectivity index (χ2n) is 4.72. The fourth-order valence-electron chi connectivity index (χ4n) is 2.62. The van der Waals surface area contributed by atoms with Gasteiger partial charge in [-0.25, -0.2) is 4.98 Å². The lowest BCUT2D eigenvalue weighted by molar-refractivity contribution is 0.176. The number of likely N-dealkylation sites (tertiary alicyclic amines) is 1. The Morgan fingerprint density at radius 2 is 2.44 bits per heavy atom. The molecule has 3 atom stereocenters. The summed E-state index contributed by atoms with van der Waals surface area (Å²) in [5.41, 5.74) is 0. The van der Waals surface area contributed by atoms with Crippen LogP contribution in [-0.2, 0) is 0 Å². The lowest BCUT2D eigenvalue weighted by Gasteiger charge is -2.22. The van der Waals surface area contributed by atoms with Crippen LogP contribution in [0.1, 0.15) is 12.8 Å². The Labute approximate surface area is 100 Å². The first kappa shape index (κ1) is 10.4. The van der Waals surface area contributed by atoms with Crippen LogP contribution in [0.2, 0.25) is 5.15 Å². The molecule has 1 aromatic rings. The molecule has 1 saturated heterocycles. The monoisotopic (exact) mass is 238 g/mol. The highest BCUT2D eigenvalue weighted by molar-refractivity contribution is 6.30. The average Bonchev–Trinajstić information content (AvgIpc) is 2.98. The molecule has 0 spiro atoms. The molecular weight excluding hydrogens is 224 g/mol. The molecule has 0 N–H and O–H groups in total. The van der Waals surface area contributed by atoms with E-state index in [0.29, 0.717) is 16.9 Å². The van der Waals surface area contributed by atoms with Crippen LogP contribution >= 0.6 is 11.6 Å². The maximum atomic E-state index is 5.93. The molecule has 1 saturated carbocycles. The van der Waals surface area contributed by atoms with Gasteiger partial charge in [-0.05, 0) is 37.9 Å². The van der Waals surface area contributed by atoms with Gasteiger partial charge >= 0.3 is 0 Å². The van der Waals surface area contributed by atoms with E-state index < -0.39 is 0 Å². The molecule has 2 aliphatic rings. The third-order valence-corrected chi connectivity index (χ3v) is 4.00. The van der Waals surface area contributed by atoms with E-state index in [0.717, 1.165) is 18.6 Å². The van der Waals surface area contributed by atoms with Crippen molar-refractivity contribution in [2.24, 2.45) is 5.92 Å². The average molecular weight is 239 g/mol. The lowest BCUT2D eigenvalue weighted by Crippen LogP contribution is -2.33. The number of hydrogen-bond acceptors (Lipinski definition) is 3. The van der Waals surface area contributed by atoms with E-state index in [1.807, 2.05) is 12.1 Å². The smallest absolute Gasteiger partial charge is 0.171 e. The van der Waals surface area contributed by atoms with Crippen molar-refractivity contribution < 1.29 is 4.74 Å². The van der Waals surface area contributed by atoms with Crippen molar-refractivity contribution in [3.63, 3.8) is 0 Å². The first-order valence-corrected chi connectivity index (χ1v) is 6.09. The summed E-state index contributed by atoms with van der Waals surface area (Å²) in [6, 6.07) is 5.07. The van der Waals surface area contributed by atoms with E-state index in [9.17, 15) is 0 Å². The minimum Gasteiger partial charge on any atom is -0.489 e. The maximum absolute atomic E-state index is 5.93. The third kappa shape index (κ3) is 1.78. The summed E-state index contributed by atoms with van der Waals surface area (Å²) in [5.74, 6) is 1.61. The van der Waals surface area contributed by atoms with Gasteiger partial charge in [0.1, 0.15) is 6.61 Å². The van der Waals surface area contributed by atoms with Crippen LogP contribution in [0.3, 0.4) is 0 Å². The highest BCUT2D eigenvalue weighted by atomic mass is 35.5. The largest absolute Gasteiger partial charge is 0.489 e. The summed E-state index contributed by atoms with van der Waals surface area (Å²) >= 11 is 5.93. The number of nitrogens with zero attached hydrogens (tertiary/aromatic N) is 2. The van der Waals surface area contributed by atoms with Crippen LogP contribution in [0, 0.1) is 5.92 Å². The minimum absolute atomic E-state index is 0.452. The first-order chi connectivity index (χ1) is 7.75. The van der Waals surface area contributed by atoms with Crippen LogP contribution in [-0.4, -0.2) is 35.6 Å². The van der Waals surface area contributed by atoms with E-state index in [-0.39, 0.29) is 0 Å². The predicted octanol–water partition coefficient (Wildman–Crippen LogP) is 2.21. The molecule has 4 heteroatoms. The molecule has 3 rings (SSSR count). The number of likely N-dealkylation sites (N-methyl/N-ethyl adjacent to an activating group) is 1. The van der Waals surface area contributed by atoms with E-state index in [4.69, 9.17) is 16.3 Å². The van der Waals surface area contributed by atoms with Crippen molar-refractivity contribution in [3.05, 3.63) is 23.5 Å². The van der Waals surface area contributed by atoms with Crippen molar-refractivity contribution in [3.8, 4) is 5.75 Å². The molecule has 2 fully saturated rings. The van der Waals surface area contributed by atoms with Gasteiger partial charge < -0.3 is 4.74 Å². The van der Waals surface area contributed by atoms with Crippen molar-refractivity contribution in [1.29, 1.82) is 0 Å². The quantitative estimate of drug-likeness (QED) is 0.755. The van der Waals surface area contributed by atoms with Crippen LogP contribution in [0.25, 0.3) is 0 Å². The molecule has 0 aromatic carbocycles. The van der Waals surface area contributed by atoms with Gasteiger partial charge in [0.2, 0.25) is 0 Å². The van der Waals surface area contributed by atoms with Crippen molar-refractivity contribution in [2.45, 2.75) is 24.9 Å². The highest BCUT2D eigenvalue weighted by Crippen LogP contribution is 2.46. The highest BCUT2D eigenvalue weighted by Gasteiger charge is 2.50. The Balaban J connectivity index is 1.59. The number of pyridine rings is 1. The molecule has 0 unspecified atom stereocenters. The second kappa shape index (κ2) is 3.90. The lowest BCUT2D eigenvalue weighted by atomic mass is 10.2. The SMILES string of the molecule is CN1[C@H](COc2cccnc2Cl)C[C@H]2C[C@H]21. The molecule has 0 amide bonds. The number of ether oxygens (including phenoxy) is 1. The molecule has 3 nitrogen and oxygen atoms in total. The number of rotatable bonds is 3. The number of hydrogen-bond donors (Lipinski definition) is 0. The number of halogens is 1. The fraction of sp³-hybridized carbons (Fsp3) is 0.583. The van der Waals surface area contributed by atoms with Gasteiger partial charge in [0.25, 0.3) is 0 Å². The molecule has 1 aromatic heterocycles. The molecule has 0 radical (unpaired) electrons. The zero-order valence-corrected chi connectivity index (χ0v) is 10.0. The molecule has 0 bridgehead atoms. The van der Waals surface area contributed by atoms with Gasteiger partial charge in [0.15, 0.2) is 10.9 Å². The van der Waals surface area contributed by atoms with Crippen molar-refractivity contribution in [2.75, 3.05) is 13.7 Å². The Bertz CT molecular complexity index is 398. The van der Waals surface area contributed by atoms with Gasteiger partial charge in [-0.1, -0.05) is 11.6 Å². The van der Waals surface area contributed by atoms with Crippen LogP contribution in [0.15, 0.2) is 18.3 Å². The minimum atomic E-state index is 0.452. The number of aromatic nitrogens is 1. The molecular formula is C12H15ClN2O. The normalized spacial score (nSPS) is 32.5. The van der Waals surface area contributed by atoms with Gasteiger partial charge in [-0.2, -0.15) is 0 Å². The molecule has 1 aliphatic heterocycles. The summed E-state index contributed by atoms with van der Waals surface area (Å²) in [6.07, 6.45) is 4.31. The van der Waals surface area contributed by atoms with Crippen LogP contribution in [0.4, 0.5) is 0 Å². The molecule has 86 valence electrons. The number of fused-ring (bicyclic) bond motifs is 1. The van der Waals surface area contributed by atoms with E-state index in [1.165, 1.54) is 12.8 Å². The van der Waals surface area contributed by atoms with Gasteiger partial charge in [0.05, 0.1) is 0 Å². The Morgan fingerprint density at radius 3 is 3.12 bits per heavy atom. The van der Waals surface area contributed by atoms with Gasteiger partial charge in [-0.15, -0.1) is 0 Å².